The van der Waals surface area contributed by atoms with E-state index in [9.17, 15) is 8.42 Å². The molecule has 20 heavy (non-hydrogen) atoms. The van der Waals surface area contributed by atoms with Crippen LogP contribution in [0.2, 0.25) is 0 Å². The van der Waals surface area contributed by atoms with Gasteiger partial charge in [-0.2, -0.15) is 4.31 Å². The van der Waals surface area contributed by atoms with E-state index in [4.69, 9.17) is 0 Å². The molecule has 0 spiro atoms. The van der Waals surface area contributed by atoms with Crippen LogP contribution in [0.15, 0.2) is 23.4 Å². The average Bonchev–Trinajstić information content (AvgIpc) is 2.77. The van der Waals surface area contributed by atoms with Gasteiger partial charge in [-0.25, -0.2) is 13.4 Å². The van der Waals surface area contributed by atoms with Gasteiger partial charge >= 0.3 is 0 Å². The van der Waals surface area contributed by atoms with Crippen molar-refractivity contribution < 1.29 is 8.42 Å². The number of pyridine rings is 1. The molecule has 0 atom stereocenters. The first-order valence-corrected chi connectivity index (χ1v) is 8.55. The number of nitrogens with one attached hydrogen (secondary N) is 1. The monoisotopic (exact) mass is 297 g/mol. The van der Waals surface area contributed by atoms with Gasteiger partial charge in [0.1, 0.15) is 0 Å². The quantitative estimate of drug-likeness (QED) is 0.907. The lowest BCUT2D eigenvalue weighted by Crippen LogP contribution is -2.43. The summed E-state index contributed by atoms with van der Waals surface area (Å²) in [4.78, 5) is 4.12. The number of rotatable bonds is 5. The van der Waals surface area contributed by atoms with Crippen LogP contribution in [0.3, 0.4) is 0 Å². The largest absolute Gasteiger partial charge is 0.383 e. The minimum atomic E-state index is -3.55. The van der Waals surface area contributed by atoms with Crippen LogP contribution in [0.4, 0.5) is 5.69 Å². The van der Waals surface area contributed by atoms with E-state index >= 15 is 0 Å². The average molecular weight is 297 g/mol. The third-order valence-corrected chi connectivity index (χ3v) is 5.77. The third kappa shape index (κ3) is 2.81. The van der Waals surface area contributed by atoms with E-state index < -0.39 is 10.0 Å². The summed E-state index contributed by atoms with van der Waals surface area (Å²) in [5.41, 5.74) is 0.260. The Hall–Kier alpha value is -1.14. The first-order valence-electron chi connectivity index (χ1n) is 7.11. The Bertz CT molecular complexity index is 570. The van der Waals surface area contributed by atoms with Crippen molar-refractivity contribution >= 4 is 15.7 Å². The van der Waals surface area contributed by atoms with Gasteiger partial charge in [-0.15, -0.1) is 0 Å². The van der Waals surface area contributed by atoms with E-state index in [1.807, 2.05) is 20.8 Å². The standard InChI is InChI=1S/C14H23N3O2S/c1-4-9-15-12-7-5-10-16-13(12)20(18,19)17-11-6-8-14(17,2)3/h5,7,10,15H,4,6,8-9,11H2,1-3H3. The molecule has 0 saturated carbocycles. The molecule has 5 nitrogen and oxygen atoms in total. The Balaban J connectivity index is 2.39. The maximum atomic E-state index is 12.9. The van der Waals surface area contributed by atoms with Crippen molar-refractivity contribution in [1.82, 2.24) is 9.29 Å². The predicted octanol–water partition coefficient (Wildman–Crippen LogP) is 2.47. The summed E-state index contributed by atoms with van der Waals surface area (Å²) in [6.07, 6.45) is 4.25. The van der Waals surface area contributed by atoms with E-state index in [1.165, 1.54) is 6.20 Å². The van der Waals surface area contributed by atoms with Gasteiger partial charge in [0.05, 0.1) is 5.69 Å². The lowest BCUT2D eigenvalue weighted by molar-refractivity contribution is 0.291. The first-order chi connectivity index (χ1) is 9.39. The maximum absolute atomic E-state index is 12.9. The Morgan fingerprint density at radius 1 is 1.45 bits per heavy atom. The van der Waals surface area contributed by atoms with Crippen LogP contribution < -0.4 is 5.32 Å². The topological polar surface area (TPSA) is 62.3 Å². The van der Waals surface area contributed by atoms with Crippen molar-refractivity contribution in [3.8, 4) is 0 Å². The second-order valence-corrected chi connectivity index (χ2v) is 7.55. The molecule has 1 aliphatic rings. The van der Waals surface area contributed by atoms with Gasteiger partial charge in [0.15, 0.2) is 5.03 Å². The molecule has 1 aliphatic heterocycles. The van der Waals surface area contributed by atoms with Crippen LogP contribution in [-0.4, -0.2) is 36.3 Å². The summed E-state index contributed by atoms with van der Waals surface area (Å²) < 4.78 is 27.3. The van der Waals surface area contributed by atoms with Gasteiger partial charge in [0.2, 0.25) is 0 Å². The number of nitrogens with zero attached hydrogens (tertiary/aromatic N) is 2. The Labute approximate surface area is 121 Å². The fraction of sp³-hybridized carbons (Fsp3) is 0.643. The number of hydrogen-bond acceptors (Lipinski definition) is 4. The van der Waals surface area contributed by atoms with E-state index in [-0.39, 0.29) is 10.6 Å². The van der Waals surface area contributed by atoms with Crippen LogP contribution in [0.1, 0.15) is 40.0 Å². The summed E-state index contributed by atoms with van der Waals surface area (Å²) in [6.45, 7) is 7.29. The second kappa shape index (κ2) is 5.69. The number of sulfonamides is 1. The summed E-state index contributed by atoms with van der Waals surface area (Å²) in [5.74, 6) is 0. The molecule has 1 fully saturated rings. The number of anilines is 1. The van der Waals surface area contributed by atoms with E-state index in [0.717, 1.165) is 25.8 Å². The summed E-state index contributed by atoms with van der Waals surface area (Å²) in [7, 11) is -3.55. The Kier molecular flexibility index (Phi) is 4.34. The molecule has 0 bridgehead atoms. The molecule has 1 aromatic rings. The molecule has 2 rings (SSSR count). The fourth-order valence-electron chi connectivity index (χ4n) is 2.62. The van der Waals surface area contributed by atoms with Gasteiger partial charge in [0.25, 0.3) is 10.0 Å². The molecule has 1 N–H and O–H groups in total. The molecule has 0 aliphatic carbocycles. The first kappa shape index (κ1) is 15.3. The zero-order valence-electron chi connectivity index (χ0n) is 12.4. The molecule has 1 saturated heterocycles. The van der Waals surface area contributed by atoms with E-state index in [1.54, 1.807) is 16.4 Å². The molecule has 6 heteroatoms. The molecule has 2 heterocycles. The van der Waals surface area contributed by atoms with E-state index in [2.05, 4.69) is 10.3 Å². The normalized spacial score (nSPS) is 19.1. The molecule has 0 radical (unpaired) electrons. The van der Waals surface area contributed by atoms with E-state index in [0.29, 0.717) is 12.2 Å². The van der Waals surface area contributed by atoms with Crippen molar-refractivity contribution in [2.75, 3.05) is 18.4 Å². The summed E-state index contributed by atoms with van der Waals surface area (Å²) >= 11 is 0. The van der Waals surface area contributed by atoms with Crippen LogP contribution in [-0.2, 0) is 10.0 Å². The lowest BCUT2D eigenvalue weighted by atomic mass is 10.0. The SMILES string of the molecule is CCCNc1cccnc1S(=O)(=O)N1CCCC1(C)C. The molecule has 0 unspecified atom stereocenters. The van der Waals surface area contributed by atoms with Gasteiger partial charge in [0, 0.05) is 24.8 Å². The van der Waals surface area contributed by atoms with Gasteiger partial charge in [-0.05, 0) is 45.2 Å². The van der Waals surface area contributed by atoms with Crippen molar-refractivity contribution in [2.45, 2.75) is 50.6 Å². The van der Waals surface area contributed by atoms with Crippen molar-refractivity contribution in [1.29, 1.82) is 0 Å². The highest BCUT2D eigenvalue weighted by molar-refractivity contribution is 7.89. The highest BCUT2D eigenvalue weighted by Crippen LogP contribution is 2.35. The van der Waals surface area contributed by atoms with Crippen LogP contribution in [0.5, 0.6) is 0 Å². The molecule has 0 aromatic carbocycles. The molecular weight excluding hydrogens is 274 g/mol. The lowest BCUT2D eigenvalue weighted by Gasteiger charge is -2.30. The Morgan fingerprint density at radius 2 is 2.20 bits per heavy atom. The third-order valence-electron chi connectivity index (χ3n) is 3.70. The molecule has 1 aromatic heterocycles. The predicted molar refractivity (Wildman–Crippen MR) is 80.2 cm³/mol. The van der Waals surface area contributed by atoms with Gasteiger partial charge < -0.3 is 5.32 Å². The molecule has 0 amide bonds. The molecule has 112 valence electrons. The van der Waals surface area contributed by atoms with Crippen molar-refractivity contribution in [3.05, 3.63) is 18.3 Å². The maximum Gasteiger partial charge on any atom is 0.263 e. The highest BCUT2D eigenvalue weighted by atomic mass is 32.2. The fourth-order valence-corrected chi connectivity index (χ4v) is 4.56. The van der Waals surface area contributed by atoms with Crippen molar-refractivity contribution in [3.63, 3.8) is 0 Å². The van der Waals surface area contributed by atoms with Crippen molar-refractivity contribution in [2.24, 2.45) is 0 Å². The minimum Gasteiger partial charge on any atom is -0.383 e. The Morgan fingerprint density at radius 3 is 2.80 bits per heavy atom. The summed E-state index contributed by atoms with van der Waals surface area (Å²) in [6, 6.07) is 3.53. The van der Waals surface area contributed by atoms with Gasteiger partial charge in [-0.3, -0.25) is 0 Å². The van der Waals surface area contributed by atoms with Crippen LogP contribution in [0, 0.1) is 0 Å². The van der Waals surface area contributed by atoms with Crippen LogP contribution in [0.25, 0.3) is 0 Å². The zero-order chi connectivity index (χ0) is 14.8. The number of hydrogen-bond donors (Lipinski definition) is 1. The molecular formula is C14H23N3O2S. The summed E-state index contributed by atoms with van der Waals surface area (Å²) in [5, 5.41) is 3.29. The minimum absolute atomic E-state index is 0.142. The number of aromatic nitrogens is 1. The smallest absolute Gasteiger partial charge is 0.263 e. The zero-order valence-corrected chi connectivity index (χ0v) is 13.2. The van der Waals surface area contributed by atoms with Gasteiger partial charge in [-0.1, -0.05) is 6.92 Å². The van der Waals surface area contributed by atoms with Crippen LogP contribution >= 0.6 is 0 Å². The highest BCUT2D eigenvalue weighted by Gasteiger charge is 2.42. The second-order valence-electron chi connectivity index (χ2n) is 5.78.